The monoisotopic (exact) mass is 844 g/mol. The molecule has 0 spiro atoms. The van der Waals surface area contributed by atoms with Crippen molar-refractivity contribution in [2.75, 3.05) is 19.6 Å². The Morgan fingerprint density at radius 2 is 1.20 bits per heavy atom. The molecule has 4 aliphatic rings. The maximum absolute atomic E-state index is 12.1. The van der Waals surface area contributed by atoms with E-state index in [0.717, 1.165) is 38.7 Å². The number of thioether (sulfide) groups is 2. The molecule has 4 unspecified atom stereocenters. The van der Waals surface area contributed by atoms with Crippen LogP contribution in [0.5, 0.6) is 0 Å². The summed E-state index contributed by atoms with van der Waals surface area (Å²) in [5, 5.41) is 17.5. The van der Waals surface area contributed by atoms with Gasteiger partial charge in [0.15, 0.2) is 0 Å². The molecule has 6 rings (SSSR count). The van der Waals surface area contributed by atoms with Crippen molar-refractivity contribution in [3.8, 4) is 6.07 Å². The van der Waals surface area contributed by atoms with Gasteiger partial charge in [-0.1, -0.05) is 93.7 Å². The van der Waals surface area contributed by atoms with E-state index in [1.807, 2.05) is 22.9 Å². The van der Waals surface area contributed by atoms with Gasteiger partial charge in [0.2, 0.25) is 0 Å². The molecule has 1 amide bonds. The Balaban J connectivity index is 0. The second-order valence-corrected chi connectivity index (χ2v) is 19.1. The highest BCUT2D eigenvalue weighted by Gasteiger charge is 2.29. The Labute approximate surface area is 353 Å². The minimum atomic E-state index is -0.375. The first-order valence-corrected chi connectivity index (χ1v) is 23.4. The van der Waals surface area contributed by atoms with Crippen molar-refractivity contribution >= 4 is 68.9 Å². The summed E-state index contributed by atoms with van der Waals surface area (Å²) in [7, 11) is 0. The Hall–Kier alpha value is -1.06. The molecule has 6 nitrogen and oxygen atoms in total. The molecule has 4 atom stereocenters. The largest absolute Gasteiger partial charge is 0.349 e. The zero-order valence-electron chi connectivity index (χ0n) is 31.7. The molecule has 4 saturated carbocycles. The molecule has 4 fully saturated rings. The third-order valence-corrected chi connectivity index (χ3v) is 15.2. The van der Waals surface area contributed by atoms with Crippen LogP contribution in [0.3, 0.4) is 0 Å². The average Bonchev–Trinajstić information content (AvgIpc) is 3.98. The summed E-state index contributed by atoms with van der Waals surface area (Å²) in [4.78, 5) is 26.2. The molecule has 312 valence electrons. The highest BCUT2D eigenvalue weighted by molar-refractivity contribution is 8.00. The lowest BCUT2D eigenvalue weighted by atomic mass is 10.0. The Bertz CT molecular complexity index is 1190. The number of nitriles is 1. The molecule has 0 aromatic carbocycles. The van der Waals surface area contributed by atoms with Crippen LogP contribution in [0.1, 0.15) is 172 Å². The predicted molar refractivity (Wildman–Crippen MR) is 247 cm³/mol. The van der Waals surface area contributed by atoms with Crippen molar-refractivity contribution < 1.29 is 9.59 Å². The van der Waals surface area contributed by atoms with E-state index in [-0.39, 0.29) is 33.4 Å². The van der Waals surface area contributed by atoms with E-state index in [1.165, 1.54) is 139 Å². The number of nitrogens with one attached hydrogen (secondary N) is 1. The second kappa shape index (κ2) is 34.0. The van der Waals surface area contributed by atoms with Gasteiger partial charge in [0.05, 0.1) is 15.8 Å². The number of halogens is 1. The van der Waals surface area contributed by atoms with Crippen LogP contribution >= 0.6 is 57.8 Å². The third-order valence-electron chi connectivity index (χ3n) is 9.82. The van der Waals surface area contributed by atoms with Crippen LogP contribution in [0.4, 0.5) is 0 Å². The molecular formula is C43H77ClN4O2S4. The van der Waals surface area contributed by atoms with Gasteiger partial charge in [0.1, 0.15) is 0 Å². The van der Waals surface area contributed by atoms with Crippen molar-refractivity contribution in [2.45, 2.75) is 186 Å². The van der Waals surface area contributed by atoms with Crippen molar-refractivity contribution in [1.82, 2.24) is 10.2 Å². The molecule has 0 aliphatic heterocycles. The minimum absolute atomic E-state index is 0. The third kappa shape index (κ3) is 23.9. The number of carbonyl (C=O) groups is 2. The first kappa shape index (κ1) is 55.0. The fourth-order valence-corrected chi connectivity index (χ4v) is 11.9. The molecule has 0 saturated heterocycles. The summed E-state index contributed by atoms with van der Waals surface area (Å²) in [6.07, 6.45) is 22.0. The number of carbonyl (C=O) groups excluding carboxylic acids is 2. The van der Waals surface area contributed by atoms with Crippen LogP contribution in [-0.4, -0.2) is 68.8 Å². The van der Waals surface area contributed by atoms with Gasteiger partial charge in [-0.15, -0.1) is 22.7 Å². The number of nitrogens with zero attached hydrogens (tertiary/aromatic N) is 2. The lowest BCUT2D eigenvalue weighted by Crippen LogP contribution is -2.32. The van der Waals surface area contributed by atoms with Gasteiger partial charge in [-0.05, 0) is 118 Å². The van der Waals surface area contributed by atoms with Gasteiger partial charge >= 0.3 is 0 Å². The van der Waals surface area contributed by atoms with E-state index in [0.29, 0.717) is 17.0 Å². The van der Waals surface area contributed by atoms with Gasteiger partial charge in [-0.25, -0.2) is 0 Å². The van der Waals surface area contributed by atoms with Gasteiger partial charge in [0.25, 0.3) is 11.1 Å². The van der Waals surface area contributed by atoms with E-state index >= 15 is 0 Å². The lowest BCUT2D eigenvalue weighted by molar-refractivity contribution is 0.0941. The first-order valence-electron chi connectivity index (χ1n) is 19.4. The average molecular weight is 846 g/mol. The van der Waals surface area contributed by atoms with Crippen LogP contribution in [0, 0.1) is 11.3 Å². The van der Waals surface area contributed by atoms with Crippen LogP contribution in [0.15, 0.2) is 35.0 Å². The minimum Gasteiger partial charge on any atom is -0.349 e. The molecule has 3 N–H and O–H groups in total. The van der Waals surface area contributed by atoms with Crippen LogP contribution in [0.25, 0.3) is 0 Å². The van der Waals surface area contributed by atoms with Crippen molar-refractivity contribution in [3.63, 3.8) is 0 Å². The predicted octanol–water partition coefficient (Wildman–Crippen LogP) is 13.3. The molecular weight excluding hydrogens is 768 g/mol. The first-order chi connectivity index (χ1) is 24.7. The van der Waals surface area contributed by atoms with E-state index in [9.17, 15) is 9.59 Å². The summed E-state index contributed by atoms with van der Waals surface area (Å²) in [5.41, 5.74) is 5.92. The standard InChI is InChI=1S/C16H23NOS2.C11H21NS.C6H15N.C5H3ClOS.C2H3N.3CH4/c18-16(15-7-4-10-19-15)17-12-8-9-14(11-12)20-13-5-2-1-3-6-13;12-9-6-7-11(8-9)13-10-4-2-1-3-5-10;1-4-7(5-2)6-3;6-5(7)4-2-1-3-8-4;1-2-3;;;/h4,7,10,12-14H,1-3,5-6,8-9,11H2,(H,17,18);9-11H,1-8,12H2;4-6H2,1-3H3;1-3H;1H3;3*1H4. The van der Waals surface area contributed by atoms with E-state index in [2.05, 4.69) is 54.5 Å². The zero-order chi connectivity index (χ0) is 37.3. The smallest absolute Gasteiger partial charge is 0.262 e. The lowest BCUT2D eigenvalue weighted by Gasteiger charge is -2.24. The summed E-state index contributed by atoms with van der Waals surface area (Å²) in [6.45, 7) is 11.6. The molecule has 54 heavy (non-hydrogen) atoms. The Morgan fingerprint density at radius 1 is 0.759 bits per heavy atom. The fourth-order valence-electron chi connectivity index (χ4n) is 6.96. The van der Waals surface area contributed by atoms with E-state index < -0.39 is 0 Å². The number of hydrogen-bond donors (Lipinski definition) is 2. The van der Waals surface area contributed by atoms with Crippen molar-refractivity contribution in [1.29, 1.82) is 5.26 Å². The Kier molecular flexibility index (Phi) is 34.7. The fraction of sp³-hybridized carbons (Fsp3) is 0.744. The summed E-state index contributed by atoms with van der Waals surface area (Å²) in [6, 6.07) is 9.99. The molecule has 2 heterocycles. The summed E-state index contributed by atoms with van der Waals surface area (Å²) < 4.78 is 0. The van der Waals surface area contributed by atoms with Gasteiger partial charge in [0, 0.05) is 40.0 Å². The van der Waals surface area contributed by atoms with Crippen LogP contribution in [-0.2, 0) is 0 Å². The molecule has 0 bridgehead atoms. The SMILES string of the molecule is C.C.C.CC#N.CCN(CC)CC.NC1CCC(SC2CCCCC2)C1.O=C(Cl)c1cccs1.O=C(NC1CCC(SC2CCCCC2)C1)c1cccs1. The van der Waals surface area contributed by atoms with Gasteiger partial charge < -0.3 is 16.0 Å². The zero-order valence-corrected chi connectivity index (χ0v) is 35.7. The quantitative estimate of drug-likeness (QED) is 0.230. The number of amides is 1. The molecule has 11 heteroatoms. The van der Waals surface area contributed by atoms with Gasteiger partial charge in [-0.2, -0.15) is 28.8 Å². The normalized spacial score (nSPS) is 21.9. The van der Waals surface area contributed by atoms with Gasteiger partial charge in [-0.3, -0.25) is 9.59 Å². The molecule has 4 aliphatic carbocycles. The topological polar surface area (TPSA) is 99.2 Å². The van der Waals surface area contributed by atoms with Crippen molar-refractivity contribution in [3.05, 3.63) is 44.8 Å². The summed E-state index contributed by atoms with van der Waals surface area (Å²) in [5.74, 6) is 0.119. The van der Waals surface area contributed by atoms with E-state index in [4.69, 9.17) is 22.6 Å². The highest BCUT2D eigenvalue weighted by Crippen LogP contribution is 2.39. The Morgan fingerprint density at radius 3 is 1.56 bits per heavy atom. The second-order valence-electron chi connectivity index (χ2n) is 13.7. The number of hydrogen-bond acceptors (Lipinski definition) is 9. The number of thiophene rings is 2. The van der Waals surface area contributed by atoms with Crippen LogP contribution < -0.4 is 11.1 Å². The molecule has 2 aromatic heterocycles. The summed E-state index contributed by atoms with van der Waals surface area (Å²) >= 11 is 12.5. The maximum Gasteiger partial charge on any atom is 0.262 e. The van der Waals surface area contributed by atoms with Crippen LogP contribution in [0.2, 0.25) is 0 Å². The maximum atomic E-state index is 12.1. The number of rotatable bonds is 10. The van der Waals surface area contributed by atoms with E-state index in [1.54, 1.807) is 18.2 Å². The molecule has 2 aromatic rings. The highest BCUT2D eigenvalue weighted by atomic mass is 35.5. The molecule has 0 radical (unpaired) electrons. The van der Waals surface area contributed by atoms with Crippen molar-refractivity contribution in [2.24, 2.45) is 5.73 Å². The number of nitrogens with two attached hydrogens (primary N) is 1.